The lowest BCUT2D eigenvalue weighted by Crippen LogP contribution is -2.23. The number of rotatable bonds is 6. The first-order valence-corrected chi connectivity index (χ1v) is 7.70. The van der Waals surface area contributed by atoms with Gasteiger partial charge in [-0.1, -0.05) is 0 Å². The normalized spacial score (nSPS) is 11.5. The Kier molecular flexibility index (Phi) is 4.41. The Hall–Kier alpha value is -1.86. The van der Waals surface area contributed by atoms with Crippen molar-refractivity contribution in [3.63, 3.8) is 0 Å². The van der Waals surface area contributed by atoms with Gasteiger partial charge in [-0.15, -0.1) is 0 Å². The average Bonchev–Trinajstić information content (AvgIpc) is 2.84. The van der Waals surface area contributed by atoms with Gasteiger partial charge in [0.15, 0.2) is 0 Å². The van der Waals surface area contributed by atoms with Crippen LogP contribution in [-0.4, -0.2) is 24.8 Å². The van der Waals surface area contributed by atoms with Gasteiger partial charge in [0.05, 0.1) is 23.7 Å². The van der Waals surface area contributed by atoms with Crippen LogP contribution in [0, 0.1) is 0 Å². The minimum atomic E-state index is -3.54. The fraction of sp³-hybridized carbons (Fsp3) is 0.308. The molecule has 0 spiro atoms. The van der Waals surface area contributed by atoms with Gasteiger partial charge in [-0.25, -0.2) is 13.1 Å². The van der Waals surface area contributed by atoms with Crippen LogP contribution in [0.1, 0.15) is 12.6 Å². The largest absolute Gasteiger partial charge is 0.494 e. The van der Waals surface area contributed by atoms with E-state index in [2.05, 4.69) is 9.82 Å². The number of benzene rings is 1. The van der Waals surface area contributed by atoms with Crippen molar-refractivity contribution >= 4 is 10.0 Å². The third-order valence-electron chi connectivity index (χ3n) is 2.66. The molecule has 0 fully saturated rings. The minimum absolute atomic E-state index is 0.163. The summed E-state index contributed by atoms with van der Waals surface area (Å²) in [6.45, 7) is 2.58. The number of aromatic nitrogens is 2. The highest BCUT2D eigenvalue weighted by molar-refractivity contribution is 7.89. The number of ether oxygens (including phenoxy) is 1. The van der Waals surface area contributed by atoms with Crippen LogP contribution >= 0.6 is 0 Å². The molecule has 1 aromatic carbocycles. The summed E-state index contributed by atoms with van der Waals surface area (Å²) in [7, 11) is -1.75. The molecular formula is C13H17N3O3S. The van der Waals surface area contributed by atoms with Gasteiger partial charge in [-0.3, -0.25) is 4.68 Å². The highest BCUT2D eigenvalue weighted by Crippen LogP contribution is 2.16. The molecule has 0 atom stereocenters. The first-order valence-electron chi connectivity index (χ1n) is 6.22. The molecule has 20 heavy (non-hydrogen) atoms. The Balaban J connectivity index is 2.05. The minimum Gasteiger partial charge on any atom is -0.494 e. The monoisotopic (exact) mass is 295 g/mol. The van der Waals surface area contributed by atoms with E-state index in [9.17, 15) is 8.42 Å². The number of hydrogen-bond donors (Lipinski definition) is 1. The molecule has 2 rings (SSSR count). The lowest BCUT2D eigenvalue weighted by molar-refractivity contribution is 0.340. The third-order valence-corrected chi connectivity index (χ3v) is 4.07. The Bertz CT molecular complexity index is 662. The molecule has 6 nitrogen and oxygen atoms in total. The molecule has 0 aliphatic heterocycles. The second kappa shape index (κ2) is 6.06. The van der Waals surface area contributed by atoms with Crippen molar-refractivity contribution in [3.05, 3.63) is 42.2 Å². The highest BCUT2D eigenvalue weighted by atomic mass is 32.2. The second-order valence-corrected chi connectivity index (χ2v) is 5.98. The van der Waals surface area contributed by atoms with E-state index in [4.69, 9.17) is 4.74 Å². The Morgan fingerprint density at radius 2 is 1.95 bits per heavy atom. The average molecular weight is 295 g/mol. The molecule has 0 aliphatic rings. The van der Waals surface area contributed by atoms with E-state index in [1.165, 1.54) is 12.1 Å². The number of sulfonamides is 1. The van der Waals surface area contributed by atoms with Crippen LogP contribution in [0.25, 0.3) is 0 Å². The summed E-state index contributed by atoms with van der Waals surface area (Å²) in [4.78, 5) is 0.205. The van der Waals surface area contributed by atoms with Crippen LogP contribution in [-0.2, 0) is 23.6 Å². The molecule has 0 saturated carbocycles. The van der Waals surface area contributed by atoms with Gasteiger partial charge in [0.25, 0.3) is 0 Å². The summed E-state index contributed by atoms with van der Waals surface area (Å²) in [5, 5.41) is 4.12. The first kappa shape index (κ1) is 14.5. The van der Waals surface area contributed by atoms with Crippen molar-refractivity contribution in [2.24, 2.45) is 7.05 Å². The summed E-state index contributed by atoms with van der Waals surface area (Å²) >= 11 is 0. The van der Waals surface area contributed by atoms with Gasteiger partial charge in [0.1, 0.15) is 5.75 Å². The van der Waals surface area contributed by atoms with Crippen LogP contribution in [0.4, 0.5) is 0 Å². The standard InChI is InChI=1S/C13H17N3O3S/c1-3-19-12-4-6-13(7-5-12)20(17,18)14-10-11-8-9-16(2)15-11/h4-9,14H,3,10H2,1-2H3. The molecule has 0 aliphatic carbocycles. The molecule has 108 valence electrons. The lowest BCUT2D eigenvalue weighted by atomic mass is 10.3. The van der Waals surface area contributed by atoms with Crippen LogP contribution in [0.5, 0.6) is 5.75 Å². The van der Waals surface area contributed by atoms with Gasteiger partial charge < -0.3 is 4.74 Å². The predicted molar refractivity (Wildman–Crippen MR) is 74.8 cm³/mol. The molecule has 2 aromatic rings. The van der Waals surface area contributed by atoms with Crippen LogP contribution in [0.2, 0.25) is 0 Å². The smallest absolute Gasteiger partial charge is 0.240 e. The summed E-state index contributed by atoms with van der Waals surface area (Å²) in [5.74, 6) is 0.649. The maximum absolute atomic E-state index is 12.1. The Labute approximate surface area is 118 Å². The summed E-state index contributed by atoms with van der Waals surface area (Å²) in [5.41, 5.74) is 0.669. The predicted octanol–water partition coefficient (Wildman–Crippen LogP) is 1.30. The van der Waals surface area contributed by atoms with Crippen molar-refractivity contribution in [1.82, 2.24) is 14.5 Å². The molecule has 1 heterocycles. The zero-order chi connectivity index (χ0) is 14.6. The van der Waals surface area contributed by atoms with Gasteiger partial charge in [0.2, 0.25) is 10.0 Å². The zero-order valence-corrected chi connectivity index (χ0v) is 12.2. The molecule has 0 unspecified atom stereocenters. The molecule has 1 aromatic heterocycles. The molecule has 0 saturated heterocycles. The Morgan fingerprint density at radius 1 is 1.25 bits per heavy atom. The maximum atomic E-state index is 12.1. The van der Waals surface area contributed by atoms with Gasteiger partial charge in [-0.2, -0.15) is 5.10 Å². The van der Waals surface area contributed by atoms with Crippen molar-refractivity contribution in [2.75, 3.05) is 6.61 Å². The number of nitrogens with zero attached hydrogens (tertiary/aromatic N) is 2. The summed E-state index contributed by atoms with van der Waals surface area (Å²) in [6.07, 6.45) is 1.76. The quantitative estimate of drug-likeness (QED) is 0.871. The topological polar surface area (TPSA) is 73.2 Å². The zero-order valence-electron chi connectivity index (χ0n) is 11.4. The van der Waals surface area contributed by atoms with Gasteiger partial charge in [0, 0.05) is 13.2 Å². The Morgan fingerprint density at radius 3 is 2.50 bits per heavy atom. The number of aryl methyl sites for hydroxylation is 1. The van der Waals surface area contributed by atoms with Gasteiger partial charge in [-0.05, 0) is 37.3 Å². The van der Waals surface area contributed by atoms with E-state index in [1.807, 2.05) is 6.92 Å². The van der Waals surface area contributed by atoms with Crippen molar-refractivity contribution in [2.45, 2.75) is 18.4 Å². The molecule has 1 N–H and O–H groups in total. The first-order chi connectivity index (χ1) is 9.51. The van der Waals surface area contributed by atoms with E-state index in [0.29, 0.717) is 18.1 Å². The summed E-state index contributed by atoms with van der Waals surface area (Å²) < 4.78 is 33.6. The van der Waals surface area contributed by atoms with E-state index >= 15 is 0 Å². The lowest BCUT2D eigenvalue weighted by Gasteiger charge is -2.07. The molecule has 0 bridgehead atoms. The van der Waals surface area contributed by atoms with Gasteiger partial charge >= 0.3 is 0 Å². The number of hydrogen-bond acceptors (Lipinski definition) is 4. The second-order valence-electron chi connectivity index (χ2n) is 4.21. The number of nitrogens with one attached hydrogen (secondary N) is 1. The van der Waals surface area contributed by atoms with Crippen LogP contribution in [0.15, 0.2) is 41.4 Å². The SMILES string of the molecule is CCOc1ccc(S(=O)(=O)NCc2ccn(C)n2)cc1. The van der Waals surface area contributed by atoms with Crippen LogP contribution < -0.4 is 9.46 Å². The van der Waals surface area contributed by atoms with E-state index in [0.717, 1.165) is 0 Å². The third kappa shape index (κ3) is 3.58. The fourth-order valence-corrected chi connectivity index (χ4v) is 2.69. The maximum Gasteiger partial charge on any atom is 0.240 e. The van der Waals surface area contributed by atoms with Crippen molar-refractivity contribution in [1.29, 1.82) is 0 Å². The van der Waals surface area contributed by atoms with Crippen molar-refractivity contribution < 1.29 is 13.2 Å². The highest BCUT2D eigenvalue weighted by Gasteiger charge is 2.14. The molecule has 0 radical (unpaired) electrons. The van der Waals surface area contributed by atoms with E-state index in [1.54, 1.807) is 36.1 Å². The fourth-order valence-electron chi connectivity index (χ4n) is 1.69. The van der Waals surface area contributed by atoms with Crippen molar-refractivity contribution in [3.8, 4) is 5.75 Å². The molecular weight excluding hydrogens is 278 g/mol. The van der Waals surface area contributed by atoms with E-state index in [-0.39, 0.29) is 11.4 Å². The molecule has 7 heteroatoms. The summed E-state index contributed by atoms with van der Waals surface area (Å²) in [6, 6.07) is 8.08. The molecule has 0 amide bonds. The van der Waals surface area contributed by atoms with E-state index < -0.39 is 10.0 Å². The van der Waals surface area contributed by atoms with Crippen LogP contribution in [0.3, 0.4) is 0 Å².